The Balaban J connectivity index is 1.92. The lowest BCUT2D eigenvalue weighted by molar-refractivity contribution is 0.0789. The van der Waals surface area contributed by atoms with Crippen molar-refractivity contribution in [1.82, 2.24) is 15.0 Å². The average Bonchev–Trinajstić information content (AvgIpc) is 2.75. The Labute approximate surface area is 190 Å². The molecular formula is C22H27F2N7O2. The first kappa shape index (κ1) is 23.9. The predicted octanol–water partition coefficient (Wildman–Crippen LogP) is 3.91. The molecule has 33 heavy (non-hydrogen) atoms. The summed E-state index contributed by atoms with van der Waals surface area (Å²) < 4.78 is 33.1. The second kappa shape index (κ2) is 9.41. The summed E-state index contributed by atoms with van der Waals surface area (Å²) in [6.07, 6.45) is 1.25. The zero-order valence-electron chi connectivity index (χ0n) is 19.1. The maximum Gasteiger partial charge on any atom is 0.232 e. The number of nitrogen functional groups attached to an aromatic ring is 1. The van der Waals surface area contributed by atoms with Crippen molar-refractivity contribution in [2.24, 2.45) is 0 Å². The van der Waals surface area contributed by atoms with E-state index in [0.717, 1.165) is 24.4 Å². The summed E-state index contributed by atoms with van der Waals surface area (Å²) in [5.74, 6) is -1.40. The van der Waals surface area contributed by atoms with Gasteiger partial charge in [-0.1, -0.05) is 0 Å². The zero-order chi connectivity index (χ0) is 24.3. The minimum absolute atomic E-state index is 0.0540. The molecule has 0 atom stereocenters. The third kappa shape index (κ3) is 5.37. The van der Waals surface area contributed by atoms with Crippen molar-refractivity contribution in [3.05, 3.63) is 47.8 Å². The molecule has 0 spiro atoms. The van der Waals surface area contributed by atoms with Crippen LogP contribution in [0, 0.1) is 11.6 Å². The number of hydrogen-bond donors (Lipinski definition) is 4. The van der Waals surface area contributed by atoms with Gasteiger partial charge in [0.05, 0.1) is 35.5 Å². The molecule has 0 radical (unpaired) electrons. The predicted molar refractivity (Wildman–Crippen MR) is 124 cm³/mol. The highest BCUT2D eigenvalue weighted by Gasteiger charge is 2.23. The van der Waals surface area contributed by atoms with Crippen LogP contribution >= 0.6 is 0 Å². The number of anilines is 6. The number of rotatable bonds is 8. The van der Waals surface area contributed by atoms with E-state index in [-0.39, 0.29) is 23.1 Å². The van der Waals surface area contributed by atoms with Gasteiger partial charge in [0.25, 0.3) is 0 Å². The normalized spacial score (nSPS) is 11.3. The third-order valence-corrected chi connectivity index (χ3v) is 5.02. The second-order valence-corrected chi connectivity index (χ2v) is 7.88. The summed E-state index contributed by atoms with van der Waals surface area (Å²) in [6.45, 7) is 5.69. The van der Waals surface area contributed by atoms with Crippen LogP contribution in [0.25, 0.3) is 0 Å². The van der Waals surface area contributed by atoms with Crippen molar-refractivity contribution in [3.8, 4) is 5.75 Å². The number of methoxy groups -OCH3 is 1. The van der Waals surface area contributed by atoms with Crippen molar-refractivity contribution in [2.45, 2.75) is 26.4 Å². The van der Waals surface area contributed by atoms with E-state index in [9.17, 15) is 13.9 Å². The number of ether oxygens (including phenoxy) is 1. The fraction of sp³-hybridized carbons (Fsp3) is 0.318. The quantitative estimate of drug-likeness (QED) is 0.371. The van der Waals surface area contributed by atoms with Crippen LogP contribution in [0.4, 0.5) is 43.4 Å². The molecule has 0 aliphatic heterocycles. The van der Waals surface area contributed by atoms with Crippen molar-refractivity contribution in [2.75, 3.05) is 42.0 Å². The molecule has 0 aliphatic carbocycles. The van der Waals surface area contributed by atoms with Crippen LogP contribution in [0.3, 0.4) is 0 Å². The standard InChI is InChI=1S/C22H27F2N7O2/c1-6-31(4)18-10-19(33-5)17(9-15(18)25)29-21-27-11-26-20(30-21)28-16-8-14(24)13(23)7-12(16)22(2,3)32/h7-11,32H,6,25H2,1-5H3,(H2,26,27,28,29,30). The summed E-state index contributed by atoms with van der Waals surface area (Å²) in [7, 11) is 3.45. The Morgan fingerprint density at radius 3 is 2.24 bits per heavy atom. The van der Waals surface area contributed by atoms with Crippen molar-refractivity contribution in [1.29, 1.82) is 0 Å². The number of hydrogen-bond acceptors (Lipinski definition) is 9. The lowest BCUT2D eigenvalue weighted by Crippen LogP contribution is -2.19. The van der Waals surface area contributed by atoms with E-state index in [1.807, 2.05) is 18.9 Å². The van der Waals surface area contributed by atoms with E-state index >= 15 is 0 Å². The van der Waals surface area contributed by atoms with Gasteiger partial charge in [-0.3, -0.25) is 0 Å². The molecule has 0 amide bonds. The van der Waals surface area contributed by atoms with E-state index in [1.54, 1.807) is 12.1 Å². The highest BCUT2D eigenvalue weighted by atomic mass is 19.2. The highest BCUT2D eigenvalue weighted by Crippen LogP contribution is 2.36. The number of benzene rings is 2. The Morgan fingerprint density at radius 2 is 1.67 bits per heavy atom. The van der Waals surface area contributed by atoms with Gasteiger partial charge in [0.1, 0.15) is 12.1 Å². The van der Waals surface area contributed by atoms with Crippen LogP contribution in [0.5, 0.6) is 5.75 Å². The number of aliphatic hydroxyl groups is 1. The van der Waals surface area contributed by atoms with Gasteiger partial charge in [-0.25, -0.2) is 18.7 Å². The van der Waals surface area contributed by atoms with Crippen LogP contribution in [-0.4, -0.2) is 40.8 Å². The summed E-state index contributed by atoms with van der Waals surface area (Å²) in [5.41, 5.74) is 6.90. The molecule has 11 heteroatoms. The number of nitrogens with one attached hydrogen (secondary N) is 2. The van der Waals surface area contributed by atoms with Crippen LogP contribution in [0.15, 0.2) is 30.6 Å². The summed E-state index contributed by atoms with van der Waals surface area (Å²) in [6, 6.07) is 5.38. The molecule has 3 aromatic rings. The van der Waals surface area contributed by atoms with E-state index < -0.39 is 17.2 Å². The second-order valence-electron chi connectivity index (χ2n) is 7.88. The molecule has 176 valence electrons. The number of halogens is 2. The van der Waals surface area contributed by atoms with E-state index in [0.29, 0.717) is 17.1 Å². The van der Waals surface area contributed by atoms with E-state index in [2.05, 4.69) is 25.6 Å². The maximum absolute atomic E-state index is 13.9. The number of aromatic nitrogens is 3. The average molecular weight is 460 g/mol. The monoisotopic (exact) mass is 459 g/mol. The Morgan fingerprint density at radius 1 is 1.06 bits per heavy atom. The van der Waals surface area contributed by atoms with Crippen molar-refractivity contribution in [3.63, 3.8) is 0 Å². The van der Waals surface area contributed by atoms with Gasteiger partial charge in [0, 0.05) is 31.3 Å². The van der Waals surface area contributed by atoms with E-state index in [1.165, 1.54) is 27.3 Å². The zero-order valence-corrected chi connectivity index (χ0v) is 19.1. The van der Waals surface area contributed by atoms with Gasteiger partial charge >= 0.3 is 0 Å². The van der Waals surface area contributed by atoms with Crippen LogP contribution < -0.4 is 26.0 Å². The molecule has 0 bridgehead atoms. The van der Waals surface area contributed by atoms with Gasteiger partial charge in [0.2, 0.25) is 11.9 Å². The molecule has 3 rings (SSSR count). The molecule has 9 nitrogen and oxygen atoms in total. The fourth-order valence-electron chi connectivity index (χ4n) is 3.17. The fourth-order valence-corrected chi connectivity index (χ4v) is 3.17. The Bertz CT molecular complexity index is 1150. The molecule has 0 saturated carbocycles. The minimum atomic E-state index is -1.44. The SMILES string of the molecule is CCN(C)c1cc(OC)c(Nc2ncnc(Nc3cc(F)c(F)cc3C(C)(C)O)n2)cc1N. The van der Waals surface area contributed by atoms with E-state index in [4.69, 9.17) is 10.5 Å². The molecule has 0 aliphatic rings. The van der Waals surface area contributed by atoms with Gasteiger partial charge in [-0.15, -0.1) is 0 Å². The number of nitrogens with two attached hydrogens (primary N) is 1. The van der Waals surface area contributed by atoms with Gasteiger partial charge in [-0.05, 0) is 32.9 Å². The molecule has 0 fully saturated rings. The molecule has 5 N–H and O–H groups in total. The molecule has 2 aromatic carbocycles. The van der Waals surface area contributed by atoms with Gasteiger partial charge in [0.15, 0.2) is 11.6 Å². The van der Waals surface area contributed by atoms with Crippen LogP contribution in [0.1, 0.15) is 26.3 Å². The highest BCUT2D eigenvalue weighted by molar-refractivity contribution is 5.79. The topological polar surface area (TPSA) is 121 Å². The lowest BCUT2D eigenvalue weighted by atomic mass is 9.96. The summed E-state index contributed by atoms with van der Waals surface area (Å²) >= 11 is 0. The largest absolute Gasteiger partial charge is 0.494 e. The Kier molecular flexibility index (Phi) is 6.82. The first-order valence-electron chi connectivity index (χ1n) is 10.2. The van der Waals surface area contributed by atoms with Gasteiger partial charge in [-0.2, -0.15) is 4.98 Å². The van der Waals surface area contributed by atoms with Crippen molar-refractivity contribution >= 4 is 34.6 Å². The lowest BCUT2D eigenvalue weighted by Gasteiger charge is -2.22. The van der Waals surface area contributed by atoms with Gasteiger partial charge < -0.3 is 31.1 Å². The minimum Gasteiger partial charge on any atom is -0.494 e. The molecule has 1 heterocycles. The molecular weight excluding hydrogens is 432 g/mol. The molecule has 0 saturated heterocycles. The summed E-state index contributed by atoms with van der Waals surface area (Å²) in [5, 5.41) is 16.2. The smallest absolute Gasteiger partial charge is 0.232 e. The number of nitrogens with zero attached hydrogens (tertiary/aromatic N) is 4. The Hall–Kier alpha value is -3.73. The van der Waals surface area contributed by atoms with Crippen molar-refractivity contribution < 1.29 is 18.6 Å². The first-order valence-corrected chi connectivity index (χ1v) is 10.2. The van der Waals surface area contributed by atoms with Crippen LogP contribution in [-0.2, 0) is 5.60 Å². The summed E-state index contributed by atoms with van der Waals surface area (Å²) in [4.78, 5) is 14.4. The maximum atomic E-state index is 13.9. The molecule has 1 aromatic heterocycles. The first-order chi connectivity index (χ1) is 15.5. The van der Waals surface area contributed by atoms with Crippen LogP contribution in [0.2, 0.25) is 0 Å². The third-order valence-electron chi connectivity index (χ3n) is 5.02. The molecule has 0 unspecified atom stereocenters.